The molecule has 1 unspecified atom stereocenters. The topological polar surface area (TPSA) is 71.1 Å². The Morgan fingerprint density at radius 2 is 1.86 bits per heavy atom. The van der Waals surface area contributed by atoms with Crippen molar-refractivity contribution in [3.05, 3.63) is 59.9 Å². The van der Waals surface area contributed by atoms with Gasteiger partial charge in [0.05, 0.1) is 0 Å². The molecule has 0 bridgehead atoms. The zero-order valence-corrected chi connectivity index (χ0v) is 12.7. The number of para-hydroxylation sites is 1. The highest BCUT2D eigenvalue weighted by atomic mass is 16.2. The van der Waals surface area contributed by atoms with Gasteiger partial charge in [0.2, 0.25) is 0 Å². The molecular formula is C17H19N3O2. The first-order valence-electron chi connectivity index (χ1n) is 7.23. The van der Waals surface area contributed by atoms with Gasteiger partial charge >= 0.3 is 0 Å². The molecule has 0 aliphatic rings. The van der Waals surface area contributed by atoms with Crippen molar-refractivity contribution in [1.29, 1.82) is 0 Å². The van der Waals surface area contributed by atoms with Crippen molar-refractivity contribution in [2.45, 2.75) is 26.3 Å². The summed E-state index contributed by atoms with van der Waals surface area (Å²) < 4.78 is 0. The van der Waals surface area contributed by atoms with Crippen LogP contribution in [0.5, 0.6) is 0 Å². The fourth-order valence-corrected chi connectivity index (χ4v) is 1.82. The van der Waals surface area contributed by atoms with E-state index in [0.717, 1.165) is 6.42 Å². The number of hydrogen-bond acceptors (Lipinski definition) is 3. The zero-order chi connectivity index (χ0) is 15.9. The fourth-order valence-electron chi connectivity index (χ4n) is 1.82. The summed E-state index contributed by atoms with van der Waals surface area (Å²) in [6.45, 7) is 3.93. The zero-order valence-electron chi connectivity index (χ0n) is 12.7. The van der Waals surface area contributed by atoms with Crippen molar-refractivity contribution < 1.29 is 9.59 Å². The van der Waals surface area contributed by atoms with Crippen molar-refractivity contribution in [1.82, 2.24) is 10.3 Å². The quantitative estimate of drug-likeness (QED) is 0.891. The molecule has 5 heteroatoms. The minimum absolute atomic E-state index is 0.0854. The Balaban J connectivity index is 2.11. The maximum absolute atomic E-state index is 12.2. The highest BCUT2D eigenvalue weighted by molar-refractivity contribution is 6.04. The number of carbonyl (C=O) groups excluding carboxylic acids is 2. The molecule has 1 aromatic carbocycles. The Morgan fingerprint density at radius 1 is 1.14 bits per heavy atom. The smallest absolute Gasteiger partial charge is 0.274 e. The normalized spacial score (nSPS) is 11.5. The summed E-state index contributed by atoms with van der Waals surface area (Å²) in [6, 6.07) is 12.3. The van der Waals surface area contributed by atoms with Crippen LogP contribution in [0.15, 0.2) is 48.7 Å². The van der Waals surface area contributed by atoms with Crippen molar-refractivity contribution in [3.8, 4) is 0 Å². The van der Waals surface area contributed by atoms with Crippen molar-refractivity contribution >= 4 is 17.5 Å². The first-order valence-corrected chi connectivity index (χ1v) is 7.23. The maximum Gasteiger partial charge on any atom is 0.274 e. The molecule has 0 aliphatic heterocycles. The lowest BCUT2D eigenvalue weighted by atomic mass is 10.2. The number of benzene rings is 1. The van der Waals surface area contributed by atoms with Gasteiger partial charge in [-0.2, -0.15) is 0 Å². The molecule has 2 aromatic rings. The number of carbonyl (C=O) groups is 2. The first-order chi connectivity index (χ1) is 10.6. The number of hydrogen-bond donors (Lipinski definition) is 2. The summed E-state index contributed by atoms with van der Waals surface area (Å²) in [4.78, 5) is 28.3. The van der Waals surface area contributed by atoms with E-state index in [1.165, 1.54) is 12.3 Å². The van der Waals surface area contributed by atoms with E-state index in [1.54, 1.807) is 18.2 Å². The summed E-state index contributed by atoms with van der Waals surface area (Å²) in [5.74, 6) is -0.546. The third-order valence-electron chi connectivity index (χ3n) is 3.28. The van der Waals surface area contributed by atoms with Crippen molar-refractivity contribution in [2.24, 2.45) is 0 Å². The molecule has 2 rings (SSSR count). The maximum atomic E-state index is 12.2. The number of rotatable bonds is 5. The number of amides is 2. The van der Waals surface area contributed by atoms with Gasteiger partial charge in [0.25, 0.3) is 11.8 Å². The molecule has 0 radical (unpaired) electrons. The monoisotopic (exact) mass is 297 g/mol. The van der Waals surface area contributed by atoms with E-state index >= 15 is 0 Å². The van der Waals surface area contributed by atoms with Crippen molar-refractivity contribution in [2.75, 3.05) is 5.32 Å². The van der Waals surface area contributed by atoms with Crippen LogP contribution in [0.25, 0.3) is 0 Å². The van der Waals surface area contributed by atoms with Crippen LogP contribution in [0.1, 0.15) is 41.1 Å². The molecular weight excluding hydrogens is 278 g/mol. The third kappa shape index (κ3) is 4.15. The lowest BCUT2D eigenvalue weighted by Crippen LogP contribution is -2.32. The van der Waals surface area contributed by atoms with E-state index in [-0.39, 0.29) is 23.6 Å². The lowest BCUT2D eigenvalue weighted by molar-refractivity contribution is 0.0939. The Morgan fingerprint density at radius 3 is 2.55 bits per heavy atom. The molecule has 0 saturated carbocycles. The minimum Gasteiger partial charge on any atom is -0.350 e. The van der Waals surface area contributed by atoms with Gasteiger partial charge < -0.3 is 10.6 Å². The predicted molar refractivity (Wildman–Crippen MR) is 85.9 cm³/mol. The second-order valence-electron chi connectivity index (χ2n) is 5.03. The third-order valence-corrected chi connectivity index (χ3v) is 3.28. The lowest BCUT2D eigenvalue weighted by Gasteiger charge is -2.11. The van der Waals surface area contributed by atoms with Crippen LogP contribution >= 0.6 is 0 Å². The van der Waals surface area contributed by atoms with E-state index < -0.39 is 0 Å². The molecule has 0 saturated heterocycles. The number of nitrogens with one attached hydrogen (secondary N) is 2. The number of nitrogens with zero attached hydrogens (tertiary/aromatic N) is 1. The second kappa shape index (κ2) is 7.36. The van der Waals surface area contributed by atoms with Crippen LogP contribution in [0.3, 0.4) is 0 Å². The van der Waals surface area contributed by atoms with Gasteiger partial charge in [0.15, 0.2) is 0 Å². The number of anilines is 1. The van der Waals surface area contributed by atoms with E-state index in [2.05, 4.69) is 15.6 Å². The van der Waals surface area contributed by atoms with Crippen LogP contribution in [-0.2, 0) is 0 Å². The Labute approximate surface area is 129 Å². The highest BCUT2D eigenvalue weighted by Crippen LogP contribution is 2.09. The van der Waals surface area contributed by atoms with Gasteiger partial charge in [0.1, 0.15) is 5.69 Å². The van der Waals surface area contributed by atoms with Crippen LogP contribution < -0.4 is 10.6 Å². The molecule has 0 fully saturated rings. The van der Waals surface area contributed by atoms with Crippen LogP contribution in [-0.4, -0.2) is 22.8 Å². The Kier molecular flexibility index (Phi) is 5.25. The van der Waals surface area contributed by atoms with E-state index in [0.29, 0.717) is 11.3 Å². The minimum atomic E-state index is -0.343. The molecule has 114 valence electrons. The average Bonchev–Trinajstić information content (AvgIpc) is 2.55. The molecule has 0 aliphatic carbocycles. The molecule has 1 heterocycles. The van der Waals surface area contributed by atoms with Gasteiger partial charge in [-0.25, -0.2) is 0 Å². The van der Waals surface area contributed by atoms with E-state index in [4.69, 9.17) is 0 Å². The standard InChI is InChI=1S/C17H19N3O2/c1-3-12(2)19-16(21)13-9-10-18-15(11-13)17(22)20-14-7-5-4-6-8-14/h4-12H,3H2,1-2H3,(H,19,21)(H,20,22). The van der Waals surface area contributed by atoms with Gasteiger partial charge in [-0.1, -0.05) is 25.1 Å². The Bertz CT molecular complexity index is 656. The van der Waals surface area contributed by atoms with E-state index in [1.807, 2.05) is 32.0 Å². The van der Waals surface area contributed by atoms with Crippen LogP contribution in [0.4, 0.5) is 5.69 Å². The molecule has 1 atom stereocenters. The number of aromatic nitrogens is 1. The SMILES string of the molecule is CCC(C)NC(=O)c1ccnc(C(=O)Nc2ccccc2)c1. The van der Waals surface area contributed by atoms with Crippen LogP contribution in [0.2, 0.25) is 0 Å². The van der Waals surface area contributed by atoms with Gasteiger partial charge in [0, 0.05) is 23.5 Å². The molecule has 22 heavy (non-hydrogen) atoms. The molecule has 2 N–H and O–H groups in total. The summed E-state index contributed by atoms with van der Waals surface area (Å²) >= 11 is 0. The summed E-state index contributed by atoms with van der Waals surface area (Å²) in [5.41, 5.74) is 1.32. The van der Waals surface area contributed by atoms with E-state index in [9.17, 15) is 9.59 Å². The highest BCUT2D eigenvalue weighted by Gasteiger charge is 2.13. The fraction of sp³-hybridized carbons (Fsp3) is 0.235. The van der Waals surface area contributed by atoms with Gasteiger partial charge in [-0.3, -0.25) is 14.6 Å². The largest absolute Gasteiger partial charge is 0.350 e. The summed E-state index contributed by atoms with van der Waals surface area (Å²) in [5, 5.41) is 5.61. The molecule has 5 nitrogen and oxygen atoms in total. The predicted octanol–water partition coefficient (Wildman–Crippen LogP) is 2.86. The van der Waals surface area contributed by atoms with Gasteiger partial charge in [-0.15, -0.1) is 0 Å². The number of pyridine rings is 1. The molecule has 1 aromatic heterocycles. The van der Waals surface area contributed by atoms with Crippen molar-refractivity contribution in [3.63, 3.8) is 0 Å². The molecule has 2 amide bonds. The summed E-state index contributed by atoms with van der Waals surface area (Å²) in [6.07, 6.45) is 2.31. The second-order valence-corrected chi connectivity index (χ2v) is 5.03. The van der Waals surface area contributed by atoms with Crippen LogP contribution in [0, 0.1) is 0 Å². The first kappa shape index (κ1) is 15.7. The summed E-state index contributed by atoms with van der Waals surface area (Å²) in [7, 11) is 0. The molecule has 0 spiro atoms. The van der Waals surface area contributed by atoms with Gasteiger partial charge in [-0.05, 0) is 37.6 Å². The Hall–Kier alpha value is -2.69. The average molecular weight is 297 g/mol.